The van der Waals surface area contributed by atoms with Gasteiger partial charge in [-0.3, -0.25) is 0 Å². The maximum atomic E-state index is 5.97. The molecule has 0 aliphatic carbocycles. The lowest BCUT2D eigenvalue weighted by Crippen LogP contribution is -2.18. The van der Waals surface area contributed by atoms with Crippen molar-refractivity contribution >= 4 is 54.8 Å². The number of thiophene rings is 1. The zero-order valence-corrected chi connectivity index (χ0v) is 14.5. The van der Waals surface area contributed by atoms with Gasteiger partial charge in [-0.2, -0.15) is 0 Å². The van der Waals surface area contributed by atoms with Crippen molar-refractivity contribution in [2.24, 2.45) is 0 Å². The van der Waals surface area contributed by atoms with E-state index in [0.717, 1.165) is 20.4 Å². The summed E-state index contributed by atoms with van der Waals surface area (Å²) >= 11 is 14.8. The van der Waals surface area contributed by atoms with Gasteiger partial charge in [0, 0.05) is 36.7 Å². The van der Waals surface area contributed by atoms with Gasteiger partial charge in [0.05, 0.1) is 0 Å². The summed E-state index contributed by atoms with van der Waals surface area (Å²) in [5.74, 6) is 0. The Kier molecular flexibility index (Phi) is 5.27. The summed E-state index contributed by atoms with van der Waals surface area (Å²) in [5.41, 5.74) is 1.23. The Hall–Kier alpha value is 0.130. The first-order valence-corrected chi connectivity index (χ1v) is 8.29. The van der Waals surface area contributed by atoms with E-state index in [0.29, 0.717) is 0 Å². The number of halogens is 3. The molecule has 0 amide bonds. The summed E-state index contributed by atoms with van der Waals surface area (Å²) in [6.07, 6.45) is 0.965. The Balaban J connectivity index is 2.22. The van der Waals surface area contributed by atoms with E-state index in [1.807, 2.05) is 19.2 Å². The molecule has 18 heavy (non-hydrogen) atoms. The Morgan fingerprint density at radius 2 is 2.11 bits per heavy atom. The van der Waals surface area contributed by atoms with Gasteiger partial charge in [-0.1, -0.05) is 33.6 Å². The number of hydrogen-bond donors (Lipinski definition) is 1. The molecular weight excluding hydrogens is 397 g/mol. The first-order chi connectivity index (χ1) is 8.60. The van der Waals surface area contributed by atoms with Gasteiger partial charge in [0.2, 0.25) is 0 Å². The fourth-order valence-electron chi connectivity index (χ4n) is 1.81. The predicted molar refractivity (Wildman–Crippen MR) is 86.7 cm³/mol. The highest BCUT2D eigenvalue weighted by atomic mass is 79.9. The van der Waals surface area contributed by atoms with Gasteiger partial charge in [-0.25, -0.2) is 0 Å². The second kappa shape index (κ2) is 6.53. The molecule has 0 aliphatic heterocycles. The molecule has 1 atom stereocenters. The minimum absolute atomic E-state index is 0.280. The van der Waals surface area contributed by atoms with Crippen molar-refractivity contribution in [1.29, 1.82) is 0 Å². The normalized spacial score (nSPS) is 12.7. The third kappa shape index (κ3) is 3.58. The largest absolute Gasteiger partial charge is 0.313 e. The number of benzene rings is 1. The van der Waals surface area contributed by atoms with E-state index in [9.17, 15) is 0 Å². The summed E-state index contributed by atoms with van der Waals surface area (Å²) in [6, 6.07) is 8.37. The molecule has 1 aromatic heterocycles. The van der Waals surface area contributed by atoms with Crippen LogP contribution in [0.25, 0.3) is 0 Å². The lowest BCUT2D eigenvalue weighted by molar-refractivity contribution is 0.594. The van der Waals surface area contributed by atoms with Gasteiger partial charge < -0.3 is 5.32 Å². The van der Waals surface area contributed by atoms with Gasteiger partial charge in [0.15, 0.2) is 0 Å². The Labute approximate surface area is 133 Å². The molecule has 0 saturated heterocycles. The van der Waals surface area contributed by atoms with Crippen molar-refractivity contribution < 1.29 is 0 Å². The van der Waals surface area contributed by atoms with Crippen molar-refractivity contribution in [2.45, 2.75) is 12.5 Å². The standard InChI is InChI=1S/C13H12Br2ClNS/c1-17-13(6-10-4-8(14)7-18-10)11-3-2-9(16)5-12(11)15/h2-5,7,13,17H,6H2,1H3. The highest BCUT2D eigenvalue weighted by Gasteiger charge is 2.14. The van der Waals surface area contributed by atoms with E-state index < -0.39 is 0 Å². The van der Waals surface area contributed by atoms with Crippen molar-refractivity contribution in [3.8, 4) is 0 Å². The molecule has 1 N–H and O–H groups in total. The predicted octanol–water partition coefficient (Wildman–Crippen LogP) is 5.43. The SMILES string of the molecule is CNC(Cc1cc(Br)cs1)c1ccc(Cl)cc1Br. The van der Waals surface area contributed by atoms with E-state index in [1.54, 1.807) is 11.3 Å². The Morgan fingerprint density at radius 1 is 1.33 bits per heavy atom. The molecule has 2 rings (SSSR count). The lowest BCUT2D eigenvalue weighted by Gasteiger charge is -2.17. The molecule has 0 spiro atoms. The molecule has 96 valence electrons. The van der Waals surface area contributed by atoms with Gasteiger partial charge in [-0.15, -0.1) is 11.3 Å². The molecule has 1 heterocycles. The smallest absolute Gasteiger partial charge is 0.0417 e. The Morgan fingerprint density at radius 3 is 2.67 bits per heavy atom. The van der Waals surface area contributed by atoms with Gasteiger partial charge >= 0.3 is 0 Å². The average molecular weight is 410 g/mol. The number of hydrogen-bond acceptors (Lipinski definition) is 2. The van der Waals surface area contributed by atoms with Crippen LogP contribution in [0.15, 0.2) is 38.6 Å². The molecule has 0 radical (unpaired) electrons. The number of likely N-dealkylation sites (N-methyl/N-ethyl adjacent to an activating group) is 1. The van der Waals surface area contributed by atoms with Gasteiger partial charge in [-0.05, 0) is 46.7 Å². The van der Waals surface area contributed by atoms with Crippen molar-refractivity contribution in [2.75, 3.05) is 7.05 Å². The second-order valence-corrected chi connectivity index (χ2v) is 7.14. The van der Waals surface area contributed by atoms with Crippen LogP contribution in [0, 0.1) is 0 Å². The van der Waals surface area contributed by atoms with Crippen molar-refractivity contribution in [3.05, 3.63) is 54.1 Å². The molecule has 1 nitrogen and oxygen atoms in total. The fraction of sp³-hybridized carbons (Fsp3) is 0.231. The second-order valence-electron chi connectivity index (χ2n) is 3.94. The highest BCUT2D eigenvalue weighted by Crippen LogP contribution is 2.30. The van der Waals surface area contributed by atoms with Crippen molar-refractivity contribution in [3.63, 3.8) is 0 Å². The summed E-state index contributed by atoms with van der Waals surface area (Å²) in [6.45, 7) is 0. The zero-order chi connectivity index (χ0) is 13.1. The van der Waals surface area contributed by atoms with E-state index in [1.165, 1.54) is 10.4 Å². The van der Waals surface area contributed by atoms with E-state index in [2.05, 4.69) is 54.7 Å². The van der Waals surface area contributed by atoms with Crippen LogP contribution in [-0.2, 0) is 6.42 Å². The molecule has 2 aromatic rings. The van der Waals surface area contributed by atoms with Crippen LogP contribution < -0.4 is 5.32 Å². The maximum Gasteiger partial charge on any atom is 0.0417 e. The van der Waals surface area contributed by atoms with Gasteiger partial charge in [0.25, 0.3) is 0 Å². The first-order valence-electron chi connectivity index (χ1n) is 5.45. The van der Waals surface area contributed by atoms with Crippen LogP contribution in [0.1, 0.15) is 16.5 Å². The minimum Gasteiger partial charge on any atom is -0.313 e. The molecular formula is C13H12Br2ClNS. The Bertz CT molecular complexity index is 542. The van der Waals surface area contributed by atoms with Crippen LogP contribution in [0.5, 0.6) is 0 Å². The van der Waals surface area contributed by atoms with Crippen LogP contribution >= 0.6 is 54.8 Å². The van der Waals surface area contributed by atoms with Crippen molar-refractivity contribution in [1.82, 2.24) is 5.32 Å². The monoisotopic (exact) mass is 407 g/mol. The molecule has 0 aliphatic rings. The third-order valence-electron chi connectivity index (χ3n) is 2.71. The van der Waals surface area contributed by atoms with Crippen LogP contribution in [0.4, 0.5) is 0 Å². The topological polar surface area (TPSA) is 12.0 Å². The number of nitrogens with one attached hydrogen (secondary N) is 1. The summed E-state index contributed by atoms with van der Waals surface area (Å²) in [5, 5.41) is 6.21. The van der Waals surface area contributed by atoms with Crippen LogP contribution in [0.2, 0.25) is 5.02 Å². The first kappa shape index (κ1) is 14.5. The van der Waals surface area contributed by atoms with E-state index in [4.69, 9.17) is 11.6 Å². The molecule has 5 heteroatoms. The third-order valence-corrected chi connectivity index (χ3v) is 5.36. The van der Waals surface area contributed by atoms with Crippen LogP contribution in [-0.4, -0.2) is 7.05 Å². The van der Waals surface area contributed by atoms with E-state index >= 15 is 0 Å². The molecule has 1 unspecified atom stereocenters. The quantitative estimate of drug-likeness (QED) is 0.710. The number of rotatable bonds is 4. The van der Waals surface area contributed by atoms with Crippen LogP contribution in [0.3, 0.4) is 0 Å². The van der Waals surface area contributed by atoms with Gasteiger partial charge in [0.1, 0.15) is 0 Å². The molecule has 0 fully saturated rings. The highest BCUT2D eigenvalue weighted by molar-refractivity contribution is 9.10. The maximum absolute atomic E-state index is 5.97. The zero-order valence-electron chi connectivity index (χ0n) is 9.71. The minimum atomic E-state index is 0.280. The molecule has 1 aromatic carbocycles. The molecule has 0 bridgehead atoms. The fourth-order valence-corrected chi connectivity index (χ4v) is 4.27. The average Bonchev–Trinajstić information content (AvgIpc) is 2.72. The summed E-state index contributed by atoms with van der Waals surface area (Å²) < 4.78 is 2.19. The summed E-state index contributed by atoms with van der Waals surface area (Å²) in [7, 11) is 1.98. The molecule has 0 saturated carbocycles. The lowest BCUT2D eigenvalue weighted by atomic mass is 10.0. The van der Waals surface area contributed by atoms with E-state index in [-0.39, 0.29) is 6.04 Å². The summed E-state index contributed by atoms with van der Waals surface area (Å²) in [4.78, 5) is 1.35.